The minimum atomic E-state index is -0.177. The summed E-state index contributed by atoms with van der Waals surface area (Å²) in [6.45, 7) is 0.758. The van der Waals surface area contributed by atoms with Crippen LogP contribution in [0.5, 0.6) is 0 Å². The van der Waals surface area contributed by atoms with Crippen molar-refractivity contribution in [2.45, 2.75) is 32.1 Å². The summed E-state index contributed by atoms with van der Waals surface area (Å²) in [6, 6.07) is -0.177. The van der Waals surface area contributed by atoms with Gasteiger partial charge in [0.1, 0.15) is 6.20 Å². The number of aromatic nitrogens is 1. The van der Waals surface area contributed by atoms with Crippen molar-refractivity contribution in [1.82, 2.24) is 10.3 Å². The van der Waals surface area contributed by atoms with Crippen LogP contribution in [0, 0.1) is 5.92 Å². The maximum Gasteiger partial charge on any atom is 0.321 e. The molecule has 0 unspecified atom stereocenters. The molecule has 106 valence electrons. The summed E-state index contributed by atoms with van der Waals surface area (Å²) in [7, 11) is 1.59. The average Bonchev–Trinajstić information content (AvgIpc) is 2.85. The zero-order valence-electron chi connectivity index (χ0n) is 11.1. The number of hydrogen-bond donors (Lipinski definition) is 3. The van der Waals surface area contributed by atoms with Gasteiger partial charge in [-0.1, -0.05) is 19.3 Å². The number of carbonyl (C=O) groups is 1. The number of thiazole rings is 1. The summed E-state index contributed by atoms with van der Waals surface area (Å²) in [5.74, 6) is 0.633. The van der Waals surface area contributed by atoms with Crippen molar-refractivity contribution in [3.8, 4) is 0 Å². The van der Waals surface area contributed by atoms with E-state index >= 15 is 0 Å². The first kappa shape index (κ1) is 14.2. The number of nitrogens with two attached hydrogens (primary N) is 1. The zero-order valence-corrected chi connectivity index (χ0v) is 12.0. The number of urea groups is 1. The Bertz CT molecular complexity index is 404. The Morgan fingerprint density at radius 2 is 2.32 bits per heavy atom. The number of hydrogen-bond acceptors (Lipinski definition) is 4. The average molecular weight is 285 g/mol. The van der Waals surface area contributed by atoms with Gasteiger partial charge in [0.15, 0.2) is 5.13 Å². The highest BCUT2D eigenvalue weighted by Gasteiger charge is 2.15. The van der Waals surface area contributed by atoms with Crippen LogP contribution in [-0.4, -0.2) is 24.7 Å². The fourth-order valence-corrected chi connectivity index (χ4v) is 3.01. The molecular formula is C12H21N4O2S+. The fraction of sp³-hybridized carbons (Fsp3) is 0.667. The molecule has 19 heavy (non-hydrogen) atoms. The maximum atomic E-state index is 11.7. The van der Waals surface area contributed by atoms with Crippen LogP contribution in [0.3, 0.4) is 0 Å². The Morgan fingerprint density at radius 3 is 3.05 bits per heavy atom. The number of amides is 2. The molecule has 0 bridgehead atoms. The normalized spacial score (nSPS) is 16.3. The molecular weight excluding hydrogens is 264 g/mol. The van der Waals surface area contributed by atoms with Crippen LogP contribution in [0.25, 0.3) is 0 Å². The maximum absolute atomic E-state index is 11.7. The molecule has 2 rings (SSSR count). The summed E-state index contributed by atoms with van der Waals surface area (Å²) < 4.78 is 0. The predicted octanol–water partition coefficient (Wildman–Crippen LogP) is 1.60. The monoisotopic (exact) mass is 285 g/mol. The molecule has 0 atom stereocenters. The van der Waals surface area contributed by atoms with E-state index in [0.717, 1.165) is 11.5 Å². The highest BCUT2D eigenvalue weighted by Crippen LogP contribution is 2.23. The molecule has 1 aliphatic carbocycles. The van der Waals surface area contributed by atoms with Crippen LogP contribution >= 0.6 is 11.3 Å². The van der Waals surface area contributed by atoms with Gasteiger partial charge in [0.2, 0.25) is 5.00 Å². The van der Waals surface area contributed by atoms with Crippen molar-refractivity contribution < 1.29 is 15.1 Å². The third-order valence-electron chi connectivity index (χ3n) is 3.25. The van der Waals surface area contributed by atoms with E-state index in [1.165, 1.54) is 43.4 Å². The van der Waals surface area contributed by atoms with Crippen LogP contribution in [0.2, 0.25) is 0 Å². The van der Waals surface area contributed by atoms with Gasteiger partial charge in [-0.15, -0.1) is 0 Å². The minimum absolute atomic E-state index is 0.177. The lowest BCUT2D eigenvalue weighted by atomic mass is 9.89. The van der Waals surface area contributed by atoms with Gasteiger partial charge in [-0.25, -0.2) is 14.6 Å². The Balaban J connectivity index is 1.70. The smallest absolute Gasteiger partial charge is 0.321 e. The van der Waals surface area contributed by atoms with Crippen LogP contribution in [-0.2, 0) is 4.84 Å². The second-order valence-electron chi connectivity index (χ2n) is 4.76. The van der Waals surface area contributed by atoms with Crippen molar-refractivity contribution in [3.05, 3.63) is 6.20 Å². The minimum Gasteiger partial charge on any atom is -0.338 e. The summed E-state index contributed by atoms with van der Waals surface area (Å²) in [4.78, 5) is 20.7. The Morgan fingerprint density at radius 1 is 1.53 bits per heavy atom. The topological polar surface area (TPSA) is 79.9 Å². The molecule has 1 aliphatic rings. The predicted molar refractivity (Wildman–Crippen MR) is 74.3 cm³/mol. The number of carbonyl (C=O) groups excluding carboxylic acids is 1. The lowest BCUT2D eigenvalue weighted by Gasteiger charge is -2.21. The molecule has 0 aliphatic heterocycles. The lowest BCUT2D eigenvalue weighted by molar-refractivity contribution is -0.827. The van der Waals surface area contributed by atoms with E-state index in [9.17, 15) is 4.79 Å². The van der Waals surface area contributed by atoms with Gasteiger partial charge in [0.05, 0.1) is 7.11 Å². The zero-order chi connectivity index (χ0) is 13.5. The molecule has 1 saturated carbocycles. The standard InChI is InChI=1S/C12H20N4O2S/c1-18-16-10-8-14-12(19-10)15-11(17)13-7-9-5-3-2-4-6-9/h8-9,16H,2-7H2,1H3,(H2,13,14,15,17)/p+1. The number of rotatable bonds is 5. The lowest BCUT2D eigenvalue weighted by Crippen LogP contribution is -2.75. The molecule has 2 amide bonds. The van der Waals surface area contributed by atoms with Crippen LogP contribution in [0.1, 0.15) is 32.1 Å². The molecule has 1 heterocycles. The first-order chi connectivity index (χ1) is 9.28. The number of quaternary nitrogens is 1. The summed E-state index contributed by atoms with van der Waals surface area (Å²) in [5.41, 5.74) is 1.60. The van der Waals surface area contributed by atoms with Crippen molar-refractivity contribution in [1.29, 1.82) is 0 Å². The van der Waals surface area contributed by atoms with Crippen molar-refractivity contribution in [2.24, 2.45) is 5.92 Å². The van der Waals surface area contributed by atoms with Gasteiger partial charge in [0.25, 0.3) is 0 Å². The summed E-state index contributed by atoms with van der Waals surface area (Å²) in [5, 5.41) is 7.13. The van der Waals surface area contributed by atoms with Gasteiger partial charge in [0, 0.05) is 6.54 Å². The molecule has 0 aromatic carbocycles. The first-order valence-electron chi connectivity index (χ1n) is 6.64. The molecule has 1 aromatic heterocycles. The highest BCUT2D eigenvalue weighted by atomic mass is 32.1. The third-order valence-corrected chi connectivity index (χ3v) is 4.09. The third kappa shape index (κ3) is 4.77. The van der Waals surface area contributed by atoms with E-state index in [-0.39, 0.29) is 6.03 Å². The molecule has 0 radical (unpaired) electrons. The van der Waals surface area contributed by atoms with E-state index in [4.69, 9.17) is 4.84 Å². The van der Waals surface area contributed by atoms with Gasteiger partial charge in [-0.3, -0.25) is 5.32 Å². The molecule has 1 fully saturated rings. The first-order valence-corrected chi connectivity index (χ1v) is 7.46. The van der Waals surface area contributed by atoms with E-state index in [0.29, 0.717) is 11.0 Å². The van der Waals surface area contributed by atoms with E-state index in [1.807, 2.05) is 0 Å². The second-order valence-corrected chi connectivity index (χ2v) is 5.82. The molecule has 4 N–H and O–H groups in total. The number of anilines is 1. The summed E-state index contributed by atoms with van der Waals surface area (Å²) >= 11 is 1.38. The Hall–Kier alpha value is -1.18. The summed E-state index contributed by atoms with van der Waals surface area (Å²) in [6.07, 6.45) is 8.04. The molecule has 0 spiro atoms. The van der Waals surface area contributed by atoms with E-state index in [2.05, 4.69) is 15.6 Å². The molecule has 0 saturated heterocycles. The van der Waals surface area contributed by atoms with Crippen LogP contribution < -0.4 is 16.1 Å². The van der Waals surface area contributed by atoms with Crippen LogP contribution in [0.4, 0.5) is 14.9 Å². The van der Waals surface area contributed by atoms with Crippen LogP contribution in [0.15, 0.2) is 6.20 Å². The second kappa shape index (κ2) is 7.42. The number of nitrogens with one attached hydrogen (secondary N) is 2. The van der Waals surface area contributed by atoms with Gasteiger partial charge >= 0.3 is 6.03 Å². The molecule has 7 heteroatoms. The fourth-order valence-electron chi connectivity index (χ4n) is 2.28. The van der Waals surface area contributed by atoms with E-state index in [1.54, 1.807) is 18.8 Å². The van der Waals surface area contributed by atoms with Gasteiger partial charge in [-0.2, -0.15) is 5.48 Å². The SMILES string of the molecule is CO[NH2+]c1cnc(NC(=O)NCC2CCCCC2)s1. The molecule has 6 nitrogen and oxygen atoms in total. The Labute approximate surface area is 116 Å². The molecule has 1 aromatic rings. The number of nitrogens with zero attached hydrogens (tertiary/aromatic N) is 1. The van der Waals surface area contributed by atoms with Crippen molar-refractivity contribution in [2.75, 3.05) is 19.0 Å². The quantitative estimate of drug-likeness (QED) is 0.719. The van der Waals surface area contributed by atoms with Crippen molar-refractivity contribution in [3.63, 3.8) is 0 Å². The van der Waals surface area contributed by atoms with Gasteiger partial charge in [-0.05, 0) is 30.1 Å². The van der Waals surface area contributed by atoms with E-state index < -0.39 is 0 Å². The van der Waals surface area contributed by atoms with Gasteiger partial charge < -0.3 is 5.32 Å². The van der Waals surface area contributed by atoms with Crippen molar-refractivity contribution >= 4 is 27.5 Å². The largest absolute Gasteiger partial charge is 0.338 e. The Kier molecular flexibility index (Phi) is 5.56. The highest BCUT2D eigenvalue weighted by molar-refractivity contribution is 7.18.